The van der Waals surface area contributed by atoms with E-state index >= 15 is 0 Å². The summed E-state index contributed by atoms with van der Waals surface area (Å²) in [4.78, 5) is 27.6. The van der Waals surface area contributed by atoms with Gasteiger partial charge in [0.15, 0.2) is 5.78 Å². The van der Waals surface area contributed by atoms with Gasteiger partial charge in [0.05, 0.1) is 11.1 Å². The molecule has 0 saturated carbocycles. The van der Waals surface area contributed by atoms with Crippen molar-refractivity contribution in [2.75, 3.05) is 0 Å². The number of phenols is 3. The minimum atomic E-state index is -0.804. The Kier molecular flexibility index (Phi) is 2.98. The number of azide groups is 1. The van der Waals surface area contributed by atoms with Crippen molar-refractivity contribution >= 4 is 17.3 Å². The highest BCUT2D eigenvalue weighted by molar-refractivity contribution is 6.30. The third kappa shape index (κ3) is 1.90. The molecule has 0 fully saturated rings. The SMILES string of the molecule is Cc1cc(O)c2c(c1)C(=O)c1cc(O)c(N=[N+]=[N-])c(O)c1C2=O. The van der Waals surface area contributed by atoms with Crippen molar-refractivity contribution < 1.29 is 24.9 Å². The van der Waals surface area contributed by atoms with E-state index < -0.39 is 34.3 Å². The van der Waals surface area contributed by atoms with Gasteiger partial charge < -0.3 is 15.3 Å². The van der Waals surface area contributed by atoms with Crippen LogP contribution in [0.5, 0.6) is 17.2 Å². The number of benzene rings is 2. The molecule has 114 valence electrons. The summed E-state index contributed by atoms with van der Waals surface area (Å²) in [5.74, 6) is -3.24. The van der Waals surface area contributed by atoms with Gasteiger partial charge in [0.2, 0.25) is 5.78 Å². The first-order valence-corrected chi connectivity index (χ1v) is 6.43. The standard InChI is InChI=1S/C15H9N3O5/c1-5-2-6-10(8(19)3-5)14(22)11-7(13(6)21)4-9(20)12(15(11)23)17-18-16/h2-4,19-20,23H,1H3. The number of carbonyl (C=O) groups is 2. The number of nitrogens with zero attached hydrogens (tertiary/aromatic N) is 3. The summed E-state index contributed by atoms with van der Waals surface area (Å²) < 4.78 is 0. The maximum absolute atomic E-state index is 12.6. The Balaban J connectivity index is 2.41. The van der Waals surface area contributed by atoms with Gasteiger partial charge in [-0.1, -0.05) is 5.11 Å². The van der Waals surface area contributed by atoms with Gasteiger partial charge in [-0.3, -0.25) is 9.59 Å². The fourth-order valence-corrected chi connectivity index (χ4v) is 2.65. The molecule has 0 amide bonds. The summed E-state index contributed by atoms with van der Waals surface area (Å²) >= 11 is 0. The van der Waals surface area contributed by atoms with Gasteiger partial charge in [-0.2, -0.15) is 0 Å². The van der Waals surface area contributed by atoms with Crippen LogP contribution in [0.3, 0.4) is 0 Å². The summed E-state index contributed by atoms with van der Waals surface area (Å²) in [7, 11) is 0. The average Bonchev–Trinajstić information content (AvgIpc) is 2.47. The van der Waals surface area contributed by atoms with E-state index in [1.54, 1.807) is 6.92 Å². The number of aryl methyl sites for hydroxylation is 1. The molecule has 0 spiro atoms. The van der Waals surface area contributed by atoms with Crippen LogP contribution in [0.1, 0.15) is 37.4 Å². The number of ketones is 2. The number of aromatic hydroxyl groups is 3. The lowest BCUT2D eigenvalue weighted by atomic mass is 9.82. The fourth-order valence-electron chi connectivity index (χ4n) is 2.65. The molecule has 0 atom stereocenters. The molecule has 0 heterocycles. The van der Waals surface area contributed by atoms with Gasteiger partial charge in [0.25, 0.3) is 0 Å². The third-order valence-electron chi connectivity index (χ3n) is 3.60. The maximum atomic E-state index is 12.6. The van der Waals surface area contributed by atoms with Crippen molar-refractivity contribution in [2.45, 2.75) is 6.92 Å². The molecule has 2 aromatic carbocycles. The van der Waals surface area contributed by atoms with E-state index in [9.17, 15) is 24.9 Å². The number of hydrogen-bond acceptors (Lipinski definition) is 6. The molecule has 3 N–H and O–H groups in total. The first-order valence-electron chi connectivity index (χ1n) is 6.43. The second-order valence-electron chi connectivity index (χ2n) is 5.07. The van der Waals surface area contributed by atoms with Crippen LogP contribution in [0.15, 0.2) is 23.3 Å². The first-order chi connectivity index (χ1) is 10.9. The molecule has 3 rings (SSSR count). The zero-order valence-electron chi connectivity index (χ0n) is 11.7. The minimum absolute atomic E-state index is 0.0182. The number of carbonyl (C=O) groups excluding carboxylic acids is 2. The molecule has 0 saturated heterocycles. The van der Waals surface area contributed by atoms with Crippen LogP contribution < -0.4 is 0 Å². The van der Waals surface area contributed by atoms with E-state index in [1.165, 1.54) is 12.1 Å². The Hall–Kier alpha value is -3.51. The van der Waals surface area contributed by atoms with E-state index in [1.807, 2.05) is 0 Å². The molecule has 0 bridgehead atoms. The lowest BCUT2D eigenvalue weighted by Gasteiger charge is -2.21. The highest BCUT2D eigenvalue weighted by Crippen LogP contribution is 2.45. The van der Waals surface area contributed by atoms with Crippen molar-refractivity contribution in [3.63, 3.8) is 0 Å². The Labute approximate surface area is 128 Å². The molecule has 8 heteroatoms. The molecule has 0 unspecified atom stereocenters. The zero-order valence-corrected chi connectivity index (χ0v) is 11.7. The van der Waals surface area contributed by atoms with Crippen molar-refractivity contribution in [2.24, 2.45) is 5.11 Å². The van der Waals surface area contributed by atoms with Crippen molar-refractivity contribution in [3.8, 4) is 17.2 Å². The van der Waals surface area contributed by atoms with E-state index in [0.717, 1.165) is 6.07 Å². The second-order valence-corrected chi connectivity index (χ2v) is 5.07. The van der Waals surface area contributed by atoms with Gasteiger partial charge in [-0.25, -0.2) is 0 Å². The normalized spacial score (nSPS) is 12.4. The van der Waals surface area contributed by atoms with Crippen LogP contribution in [0, 0.1) is 6.92 Å². The zero-order chi connectivity index (χ0) is 16.9. The van der Waals surface area contributed by atoms with E-state index in [-0.39, 0.29) is 22.4 Å². The summed E-state index contributed by atoms with van der Waals surface area (Å²) in [6, 6.07) is 3.72. The van der Waals surface area contributed by atoms with E-state index in [2.05, 4.69) is 10.0 Å². The maximum Gasteiger partial charge on any atom is 0.201 e. The van der Waals surface area contributed by atoms with Crippen LogP contribution in [0.25, 0.3) is 10.4 Å². The van der Waals surface area contributed by atoms with Crippen LogP contribution in [0.2, 0.25) is 0 Å². The minimum Gasteiger partial charge on any atom is -0.507 e. The van der Waals surface area contributed by atoms with Crippen LogP contribution in [-0.2, 0) is 0 Å². The van der Waals surface area contributed by atoms with Crippen molar-refractivity contribution in [1.29, 1.82) is 0 Å². The predicted octanol–water partition coefficient (Wildman–Crippen LogP) is 2.83. The first kappa shape index (κ1) is 14.4. The molecule has 23 heavy (non-hydrogen) atoms. The summed E-state index contributed by atoms with van der Waals surface area (Å²) in [5, 5.41) is 33.0. The largest absolute Gasteiger partial charge is 0.507 e. The second kappa shape index (κ2) is 4.75. The molecule has 2 aromatic rings. The summed E-state index contributed by atoms with van der Waals surface area (Å²) in [5.41, 5.74) is 7.60. The van der Waals surface area contributed by atoms with Crippen molar-refractivity contribution in [1.82, 2.24) is 0 Å². The summed E-state index contributed by atoms with van der Waals surface area (Å²) in [6.07, 6.45) is 0. The lowest BCUT2D eigenvalue weighted by molar-refractivity contribution is 0.0974. The third-order valence-corrected chi connectivity index (χ3v) is 3.60. The molecule has 0 radical (unpaired) electrons. The molecule has 8 nitrogen and oxygen atoms in total. The van der Waals surface area contributed by atoms with Crippen LogP contribution >= 0.6 is 0 Å². The fraction of sp³-hybridized carbons (Fsp3) is 0.0667. The molecular weight excluding hydrogens is 302 g/mol. The van der Waals surface area contributed by atoms with Crippen molar-refractivity contribution in [3.05, 3.63) is 56.5 Å². The molecule has 1 aliphatic carbocycles. The van der Waals surface area contributed by atoms with Gasteiger partial charge in [0, 0.05) is 16.0 Å². The Morgan fingerprint density at radius 3 is 2.26 bits per heavy atom. The summed E-state index contributed by atoms with van der Waals surface area (Å²) in [6.45, 7) is 1.65. The number of hydrogen-bond donors (Lipinski definition) is 3. The molecular formula is C15H9N3O5. The van der Waals surface area contributed by atoms with Gasteiger partial charge in [-0.15, -0.1) is 0 Å². The Morgan fingerprint density at radius 2 is 1.61 bits per heavy atom. The highest BCUT2D eigenvalue weighted by Gasteiger charge is 2.36. The molecule has 1 aliphatic rings. The van der Waals surface area contributed by atoms with Crippen LogP contribution in [-0.4, -0.2) is 26.9 Å². The van der Waals surface area contributed by atoms with Gasteiger partial charge in [0.1, 0.15) is 22.9 Å². The molecule has 0 aromatic heterocycles. The van der Waals surface area contributed by atoms with Crippen LogP contribution in [0.4, 0.5) is 5.69 Å². The lowest BCUT2D eigenvalue weighted by Crippen LogP contribution is -2.21. The smallest absolute Gasteiger partial charge is 0.201 e. The van der Waals surface area contributed by atoms with Gasteiger partial charge >= 0.3 is 0 Å². The number of phenolic OH excluding ortho intramolecular Hbond substituents is 3. The quantitative estimate of drug-likeness (QED) is 0.359. The predicted molar refractivity (Wildman–Crippen MR) is 78.3 cm³/mol. The van der Waals surface area contributed by atoms with E-state index in [0.29, 0.717) is 5.56 Å². The monoisotopic (exact) mass is 311 g/mol. The topological polar surface area (TPSA) is 144 Å². The highest BCUT2D eigenvalue weighted by atomic mass is 16.3. The Bertz CT molecular complexity index is 958. The number of rotatable bonds is 1. The van der Waals surface area contributed by atoms with Gasteiger partial charge in [-0.05, 0) is 36.2 Å². The van der Waals surface area contributed by atoms with E-state index in [4.69, 9.17) is 5.53 Å². The average molecular weight is 311 g/mol. The number of fused-ring (bicyclic) bond motifs is 2. The Morgan fingerprint density at radius 1 is 0.957 bits per heavy atom. The molecule has 0 aliphatic heterocycles.